The predicted molar refractivity (Wildman–Crippen MR) is 55.3 cm³/mol. The molecule has 0 aromatic carbocycles. The van der Waals surface area contributed by atoms with Crippen molar-refractivity contribution in [2.75, 3.05) is 38.3 Å². The van der Waals surface area contributed by atoms with Crippen molar-refractivity contribution in [2.24, 2.45) is 5.41 Å². The molecule has 4 heteroatoms. The quantitative estimate of drug-likeness (QED) is 0.637. The Morgan fingerprint density at radius 1 is 1.54 bits per heavy atom. The largest absolute Gasteiger partial charge is 0.380 e. The predicted octanol–water partition coefficient (Wildman–Crippen LogP) is 0.381. The summed E-state index contributed by atoms with van der Waals surface area (Å²) in [6.45, 7) is 5.96. The molecule has 0 amide bonds. The summed E-state index contributed by atoms with van der Waals surface area (Å²) >= 11 is 0. The highest BCUT2D eigenvalue weighted by atomic mass is 32.2. The van der Waals surface area contributed by atoms with E-state index in [4.69, 9.17) is 4.74 Å². The Morgan fingerprint density at radius 3 is 2.69 bits per heavy atom. The van der Waals surface area contributed by atoms with Crippen LogP contribution in [0.15, 0.2) is 0 Å². The van der Waals surface area contributed by atoms with Crippen molar-refractivity contribution in [3.63, 3.8) is 0 Å². The summed E-state index contributed by atoms with van der Waals surface area (Å²) in [5.74, 6) is 0.806. The van der Waals surface area contributed by atoms with Crippen LogP contribution in [0.25, 0.3) is 0 Å². The van der Waals surface area contributed by atoms with Gasteiger partial charge >= 0.3 is 0 Å². The monoisotopic (exact) mass is 205 g/mol. The van der Waals surface area contributed by atoms with Gasteiger partial charge in [-0.15, -0.1) is 0 Å². The fraction of sp³-hybridized carbons (Fsp3) is 1.00. The van der Waals surface area contributed by atoms with Gasteiger partial charge < -0.3 is 10.1 Å². The molecule has 1 atom stereocenters. The zero-order valence-electron chi connectivity index (χ0n) is 8.47. The van der Waals surface area contributed by atoms with E-state index >= 15 is 0 Å². The number of ether oxygens (including phenoxy) is 1. The maximum atomic E-state index is 10.7. The van der Waals surface area contributed by atoms with E-state index in [0.29, 0.717) is 5.41 Å². The minimum atomic E-state index is -0.643. The van der Waals surface area contributed by atoms with E-state index in [1.165, 1.54) is 0 Å². The molecule has 1 aliphatic rings. The maximum absolute atomic E-state index is 10.7. The van der Waals surface area contributed by atoms with Gasteiger partial charge in [0.05, 0.1) is 13.2 Å². The third-order valence-electron chi connectivity index (χ3n) is 2.24. The Balaban J connectivity index is 1.92. The van der Waals surface area contributed by atoms with Gasteiger partial charge in [-0.3, -0.25) is 4.21 Å². The van der Waals surface area contributed by atoms with Crippen LogP contribution in [0.2, 0.25) is 0 Å². The van der Waals surface area contributed by atoms with Crippen LogP contribution in [-0.2, 0) is 15.5 Å². The second-order valence-corrected chi connectivity index (χ2v) is 5.67. The molecule has 0 aromatic heterocycles. The minimum Gasteiger partial charge on any atom is -0.380 e. The molecule has 0 bridgehead atoms. The summed E-state index contributed by atoms with van der Waals surface area (Å²) in [4.78, 5) is 0. The molecule has 0 aromatic rings. The summed E-state index contributed by atoms with van der Waals surface area (Å²) < 4.78 is 15.9. The van der Waals surface area contributed by atoms with Crippen molar-refractivity contribution in [1.82, 2.24) is 5.32 Å². The van der Waals surface area contributed by atoms with Crippen LogP contribution in [0.5, 0.6) is 0 Å². The molecule has 1 unspecified atom stereocenters. The highest BCUT2D eigenvalue weighted by Crippen LogP contribution is 2.24. The van der Waals surface area contributed by atoms with Gasteiger partial charge in [0.25, 0.3) is 0 Å². The van der Waals surface area contributed by atoms with Crippen LogP contribution in [0.1, 0.15) is 13.3 Å². The van der Waals surface area contributed by atoms with Gasteiger partial charge in [0.15, 0.2) is 0 Å². The first-order valence-corrected chi connectivity index (χ1v) is 6.44. The Kier molecular flexibility index (Phi) is 4.35. The SMILES string of the molecule is CS(=O)CCCNCC1(C)COC1. The first kappa shape index (κ1) is 11.1. The summed E-state index contributed by atoms with van der Waals surface area (Å²) in [6, 6.07) is 0. The fourth-order valence-corrected chi connectivity index (χ4v) is 1.89. The second kappa shape index (κ2) is 5.08. The lowest BCUT2D eigenvalue weighted by atomic mass is 9.89. The zero-order valence-corrected chi connectivity index (χ0v) is 9.28. The summed E-state index contributed by atoms with van der Waals surface area (Å²) in [5.41, 5.74) is 0.353. The number of hydrogen-bond acceptors (Lipinski definition) is 3. The lowest BCUT2D eigenvalue weighted by molar-refractivity contribution is -0.0988. The Bertz CT molecular complexity index is 180. The molecular weight excluding hydrogens is 186 g/mol. The molecule has 1 aliphatic heterocycles. The number of hydrogen-bond donors (Lipinski definition) is 1. The Hall–Kier alpha value is 0.0700. The Labute approximate surface area is 82.7 Å². The topological polar surface area (TPSA) is 38.3 Å². The number of nitrogens with one attached hydrogen (secondary N) is 1. The van der Waals surface area contributed by atoms with Gasteiger partial charge in [0.1, 0.15) is 0 Å². The van der Waals surface area contributed by atoms with Crippen LogP contribution in [0.3, 0.4) is 0 Å². The average Bonchev–Trinajstić information content (AvgIpc) is 2.00. The third-order valence-corrected chi connectivity index (χ3v) is 3.10. The van der Waals surface area contributed by atoms with Gasteiger partial charge in [-0.1, -0.05) is 6.92 Å². The van der Waals surface area contributed by atoms with Crippen molar-refractivity contribution >= 4 is 10.8 Å². The smallest absolute Gasteiger partial charge is 0.0554 e. The number of rotatable bonds is 6. The van der Waals surface area contributed by atoms with E-state index in [-0.39, 0.29) is 0 Å². The van der Waals surface area contributed by atoms with E-state index in [1.807, 2.05) is 0 Å². The Morgan fingerprint density at radius 2 is 2.23 bits per heavy atom. The lowest BCUT2D eigenvalue weighted by Crippen LogP contribution is -2.47. The van der Waals surface area contributed by atoms with Crippen LogP contribution < -0.4 is 5.32 Å². The summed E-state index contributed by atoms with van der Waals surface area (Å²) in [5, 5.41) is 3.37. The molecule has 0 saturated carbocycles. The standard InChI is InChI=1S/C9H19NO2S/c1-9(7-12-8-9)6-10-4-3-5-13(2)11/h10H,3-8H2,1-2H3. The minimum absolute atomic E-state index is 0.353. The molecule has 0 spiro atoms. The average molecular weight is 205 g/mol. The second-order valence-electron chi connectivity index (χ2n) is 4.11. The molecule has 1 rings (SSSR count). The fourth-order valence-electron chi connectivity index (χ4n) is 1.34. The van der Waals surface area contributed by atoms with Crippen LogP contribution in [-0.4, -0.2) is 42.5 Å². The summed E-state index contributed by atoms with van der Waals surface area (Å²) in [6.07, 6.45) is 2.75. The van der Waals surface area contributed by atoms with E-state index < -0.39 is 10.8 Å². The maximum Gasteiger partial charge on any atom is 0.0554 e. The third kappa shape index (κ3) is 4.20. The molecule has 1 heterocycles. The first-order chi connectivity index (χ1) is 6.12. The molecule has 1 saturated heterocycles. The van der Waals surface area contributed by atoms with Crippen LogP contribution in [0.4, 0.5) is 0 Å². The van der Waals surface area contributed by atoms with Crippen molar-refractivity contribution in [1.29, 1.82) is 0 Å². The molecule has 0 radical (unpaired) electrons. The van der Waals surface area contributed by atoms with E-state index in [2.05, 4.69) is 12.2 Å². The van der Waals surface area contributed by atoms with Crippen LogP contribution in [0, 0.1) is 5.41 Å². The van der Waals surface area contributed by atoms with Gasteiger partial charge in [-0.25, -0.2) is 0 Å². The normalized spacial score (nSPS) is 22.3. The molecule has 13 heavy (non-hydrogen) atoms. The van der Waals surface area contributed by atoms with Crippen molar-refractivity contribution in [3.05, 3.63) is 0 Å². The summed E-state index contributed by atoms with van der Waals surface area (Å²) in [7, 11) is -0.643. The van der Waals surface area contributed by atoms with E-state index in [1.54, 1.807) is 6.26 Å². The molecular formula is C9H19NO2S. The van der Waals surface area contributed by atoms with Gasteiger partial charge in [-0.2, -0.15) is 0 Å². The van der Waals surface area contributed by atoms with Gasteiger partial charge in [0.2, 0.25) is 0 Å². The molecule has 3 nitrogen and oxygen atoms in total. The first-order valence-electron chi connectivity index (χ1n) is 4.71. The highest BCUT2D eigenvalue weighted by molar-refractivity contribution is 7.84. The molecule has 78 valence electrons. The highest BCUT2D eigenvalue weighted by Gasteiger charge is 2.32. The van der Waals surface area contributed by atoms with Crippen molar-refractivity contribution in [2.45, 2.75) is 13.3 Å². The van der Waals surface area contributed by atoms with E-state index in [9.17, 15) is 4.21 Å². The zero-order chi connectivity index (χ0) is 9.73. The lowest BCUT2D eigenvalue weighted by Gasteiger charge is -2.38. The molecule has 0 aliphatic carbocycles. The van der Waals surface area contributed by atoms with Gasteiger partial charge in [-0.05, 0) is 13.0 Å². The van der Waals surface area contributed by atoms with Gasteiger partial charge in [0, 0.05) is 34.8 Å². The molecule has 1 fully saturated rings. The van der Waals surface area contributed by atoms with Crippen molar-refractivity contribution in [3.8, 4) is 0 Å². The van der Waals surface area contributed by atoms with E-state index in [0.717, 1.165) is 38.5 Å². The van der Waals surface area contributed by atoms with Crippen molar-refractivity contribution < 1.29 is 8.95 Å². The van der Waals surface area contributed by atoms with Crippen LogP contribution >= 0.6 is 0 Å². The molecule has 1 N–H and O–H groups in total.